The number of rotatable bonds is 6. The summed E-state index contributed by atoms with van der Waals surface area (Å²) in [6.07, 6.45) is 10.8. The number of hydrogen-bond acceptors (Lipinski definition) is 0. The zero-order valence-corrected chi connectivity index (χ0v) is 18.2. The molecule has 148 valence electrons. The molecule has 0 aromatic heterocycles. The van der Waals surface area contributed by atoms with Gasteiger partial charge >= 0.3 is 0 Å². The lowest BCUT2D eigenvalue weighted by Crippen LogP contribution is -2.12. The van der Waals surface area contributed by atoms with Gasteiger partial charge in [-0.25, -0.2) is 0 Å². The smallest absolute Gasteiger partial charge is 0.0450 e. The van der Waals surface area contributed by atoms with E-state index in [9.17, 15) is 0 Å². The zero-order valence-electron chi connectivity index (χ0n) is 17.4. The molecule has 1 heteroatoms. The van der Waals surface area contributed by atoms with Crippen LogP contribution in [0.1, 0.15) is 87.0 Å². The first-order chi connectivity index (χ1) is 13.7. The van der Waals surface area contributed by atoms with E-state index in [1.807, 2.05) is 6.07 Å². The maximum absolute atomic E-state index is 6.39. The molecule has 0 amide bonds. The van der Waals surface area contributed by atoms with E-state index in [0.29, 0.717) is 11.8 Å². The normalized spacial score (nSPS) is 19.1. The molecule has 2 aromatic carbocycles. The molecule has 0 heterocycles. The first kappa shape index (κ1) is 21.0. The van der Waals surface area contributed by atoms with Crippen molar-refractivity contribution < 1.29 is 0 Å². The van der Waals surface area contributed by atoms with Crippen LogP contribution >= 0.6 is 11.6 Å². The molecule has 1 fully saturated rings. The topological polar surface area (TPSA) is 0 Å². The van der Waals surface area contributed by atoms with Gasteiger partial charge in [-0.2, -0.15) is 0 Å². The van der Waals surface area contributed by atoms with Gasteiger partial charge in [0.05, 0.1) is 0 Å². The molecule has 0 nitrogen and oxygen atoms in total. The fourth-order valence-electron chi connectivity index (χ4n) is 4.19. The average Bonchev–Trinajstić information content (AvgIpc) is 2.73. The average molecular weight is 393 g/mol. The second kappa shape index (κ2) is 10.7. The van der Waals surface area contributed by atoms with E-state index in [0.717, 1.165) is 23.4 Å². The van der Waals surface area contributed by atoms with Crippen molar-refractivity contribution in [3.05, 3.63) is 69.7 Å². The van der Waals surface area contributed by atoms with Crippen LogP contribution in [0.4, 0.5) is 0 Å². The lowest BCUT2D eigenvalue weighted by molar-refractivity contribution is 0.384. The quantitative estimate of drug-likeness (QED) is 0.437. The Bertz CT molecular complexity index is 798. The molecule has 3 rings (SSSR count). The van der Waals surface area contributed by atoms with Crippen molar-refractivity contribution in [2.24, 2.45) is 5.92 Å². The highest BCUT2D eigenvalue weighted by molar-refractivity contribution is 6.31. The van der Waals surface area contributed by atoms with Gasteiger partial charge in [-0.15, -0.1) is 0 Å². The minimum absolute atomic E-state index is 0.522. The second-order valence-electron chi connectivity index (χ2n) is 8.22. The Morgan fingerprint density at radius 1 is 0.893 bits per heavy atom. The molecule has 1 saturated carbocycles. The van der Waals surface area contributed by atoms with Gasteiger partial charge in [0.1, 0.15) is 0 Å². The van der Waals surface area contributed by atoms with Crippen molar-refractivity contribution >= 4 is 11.6 Å². The third-order valence-electron chi connectivity index (χ3n) is 5.99. The fourth-order valence-corrected chi connectivity index (χ4v) is 4.47. The minimum atomic E-state index is 0.522. The van der Waals surface area contributed by atoms with Crippen molar-refractivity contribution in [1.29, 1.82) is 0 Å². The summed E-state index contributed by atoms with van der Waals surface area (Å²) in [4.78, 5) is 0. The van der Waals surface area contributed by atoms with Crippen LogP contribution in [0.3, 0.4) is 0 Å². The molecule has 0 radical (unpaired) electrons. The molecule has 0 saturated heterocycles. The molecule has 0 aliphatic heterocycles. The van der Waals surface area contributed by atoms with E-state index in [1.54, 1.807) is 0 Å². The van der Waals surface area contributed by atoms with Gasteiger partial charge in [0.15, 0.2) is 0 Å². The maximum atomic E-state index is 6.39. The predicted octanol–water partition coefficient (Wildman–Crippen LogP) is 7.96. The summed E-state index contributed by atoms with van der Waals surface area (Å²) in [5, 5.41) is 0.861. The molecule has 2 aromatic rings. The van der Waals surface area contributed by atoms with E-state index < -0.39 is 0 Å². The van der Waals surface area contributed by atoms with Crippen LogP contribution in [0, 0.1) is 17.8 Å². The van der Waals surface area contributed by atoms with E-state index in [1.165, 1.54) is 61.6 Å². The van der Waals surface area contributed by atoms with Gasteiger partial charge in [0, 0.05) is 16.5 Å². The summed E-state index contributed by atoms with van der Waals surface area (Å²) in [6, 6.07) is 15.7. The van der Waals surface area contributed by atoms with Gasteiger partial charge in [-0.3, -0.25) is 0 Å². The molecule has 0 N–H and O–H groups in total. The first-order valence-corrected chi connectivity index (χ1v) is 11.5. The van der Waals surface area contributed by atoms with Crippen molar-refractivity contribution in [1.82, 2.24) is 0 Å². The molecule has 0 spiro atoms. The van der Waals surface area contributed by atoms with Crippen LogP contribution in [-0.2, 0) is 12.8 Å². The molecule has 1 aliphatic rings. The number of benzene rings is 2. The van der Waals surface area contributed by atoms with Crippen LogP contribution in [0.15, 0.2) is 42.5 Å². The second-order valence-corrected chi connectivity index (χ2v) is 8.63. The Labute approximate surface area is 176 Å². The van der Waals surface area contributed by atoms with Crippen LogP contribution < -0.4 is 0 Å². The van der Waals surface area contributed by atoms with Gasteiger partial charge < -0.3 is 0 Å². The molecule has 1 aliphatic carbocycles. The number of halogens is 1. The first-order valence-electron chi connectivity index (χ1n) is 11.1. The van der Waals surface area contributed by atoms with Gasteiger partial charge in [-0.1, -0.05) is 80.5 Å². The Morgan fingerprint density at radius 2 is 1.64 bits per heavy atom. The molecule has 0 bridgehead atoms. The molecular weight excluding hydrogens is 360 g/mol. The number of hydrogen-bond donors (Lipinski definition) is 0. The SMILES string of the molecule is CCCCc1ccc([C@H]2CC[C@H](C#Cc3ccc(CCC)c(Cl)c3)CC2)cc1. The van der Waals surface area contributed by atoms with Gasteiger partial charge in [0.25, 0.3) is 0 Å². The van der Waals surface area contributed by atoms with Crippen molar-refractivity contribution in [2.75, 3.05) is 0 Å². The van der Waals surface area contributed by atoms with E-state index in [-0.39, 0.29) is 0 Å². The Morgan fingerprint density at radius 3 is 2.29 bits per heavy atom. The van der Waals surface area contributed by atoms with Crippen molar-refractivity contribution in [3.63, 3.8) is 0 Å². The summed E-state index contributed by atoms with van der Waals surface area (Å²) >= 11 is 6.39. The molecule has 28 heavy (non-hydrogen) atoms. The van der Waals surface area contributed by atoms with Crippen LogP contribution in [0.25, 0.3) is 0 Å². The highest BCUT2D eigenvalue weighted by Gasteiger charge is 2.21. The fraction of sp³-hybridized carbons (Fsp3) is 0.481. The molecule has 0 unspecified atom stereocenters. The highest BCUT2D eigenvalue weighted by atomic mass is 35.5. The summed E-state index contributed by atoms with van der Waals surface area (Å²) in [5.74, 6) is 8.12. The van der Waals surface area contributed by atoms with E-state index in [2.05, 4.69) is 62.1 Å². The predicted molar refractivity (Wildman–Crippen MR) is 122 cm³/mol. The van der Waals surface area contributed by atoms with Gasteiger partial charge in [0.2, 0.25) is 0 Å². The zero-order chi connectivity index (χ0) is 19.8. The summed E-state index contributed by atoms with van der Waals surface area (Å²) in [5.41, 5.74) is 5.28. The standard InChI is InChI=1S/C27H33Cl/c1-3-5-7-21-10-15-24(16-11-21)25-17-12-22(13-18-25)8-9-23-14-19-26(6-4-2)27(28)20-23/h10-11,14-16,19-20,22,25H,3-7,12-13,17-18H2,1-2H3/t22-,25-. The number of aryl methyl sites for hydroxylation is 2. The van der Waals surface area contributed by atoms with Crippen LogP contribution in [0.2, 0.25) is 5.02 Å². The maximum Gasteiger partial charge on any atom is 0.0450 e. The van der Waals surface area contributed by atoms with E-state index >= 15 is 0 Å². The Kier molecular flexibility index (Phi) is 8.05. The van der Waals surface area contributed by atoms with Gasteiger partial charge in [-0.05, 0) is 79.7 Å². The molecular formula is C27H33Cl. The lowest BCUT2D eigenvalue weighted by atomic mass is 9.78. The van der Waals surface area contributed by atoms with E-state index in [4.69, 9.17) is 11.6 Å². The minimum Gasteiger partial charge on any atom is -0.0945 e. The van der Waals surface area contributed by atoms with Crippen LogP contribution in [0.5, 0.6) is 0 Å². The summed E-state index contributed by atoms with van der Waals surface area (Å²) in [6.45, 7) is 4.44. The van der Waals surface area contributed by atoms with Crippen LogP contribution in [-0.4, -0.2) is 0 Å². The Balaban J connectivity index is 1.53. The highest BCUT2D eigenvalue weighted by Crippen LogP contribution is 2.35. The van der Waals surface area contributed by atoms with Crippen molar-refractivity contribution in [2.45, 2.75) is 77.6 Å². The monoisotopic (exact) mass is 392 g/mol. The summed E-state index contributed by atoms with van der Waals surface area (Å²) < 4.78 is 0. The third kappa shape index (κ3) is 5.89. The third-order valence-corrected chi connectivity index (χ3v) is 6.34. The van der Waals surface area contributed by atoms with Crippen molar-refractivity contribution in [3.8, 4) is 11.8 Å². The Hall–Kier alpha value is -1.71. The summed E-state index contributed by atoms with van der Waals surface area (Å²) in [7, 11) is 0. The molecule has 0 atom stereocenters. The number of unbranched alkanes of at least 4 members (excludes halogenated alkanes) is 1. The lowest BCUT2D eigenvalue weighted by Gasteiger charge is -2.26. The largest absolute Gasteiger partial charge is 0.0945 e.